The number of amides is 1. The van der Waals surface area contributed by atoms with Crippen LogP contribution in [0.1, 0.15) is 42.9 Å². The Hall–Kier alpha value is -3.68. The van der Waals surface area contributed by atoms with E-state index >= 15 is 0 Å². The molecule has 3 aromatic rings. The molecule has 4 N–H and O–H groups in total. The number of guanidine groups is 1. The SMILES string of the molecule is CCNC(=NCCNC(=O)c1ccc(O)cc1)NC(C)c1cc2cccc(OCC)c2o1. The highest BCUT2D eigenvalue weighted by atomic mass is 16.5. The van der Waals surface area contributed by atoms with Gasteiger partial charge in [-0.1, -0.05) is 12.1 Å². The summed E-state index contributed by atoms with van der Waals surface area (Å²) in [5.41, 5.74) is 1.22. The van der Waals surface area contributed by atoms with Gasteiger partial charge in [0.05, 0.1) is 19.2 Å². The lowest BCUT2D eigenvalue weighted by Crippen LogP contribution is -2.39. The first-order valence-corrected chi connectivity index (χ1v) is 10.8. The van der Waals surface area contributed by atoms with E-state index in [0.29, 0.717) is 37.8 Å². The predicted molar refractivity (Wildman–Crippen MR) is 125 cm³/mol. The molecule has 0 bridgehead atoms. The van der Waals surface area contributed by atoms with Crippen LogP contribution in [-0.2, 0) is 0 Å². The molecule has 0 aliphatic rings. The summed E-state index contributed by atoms with van der Waals surface area (Å²) >= 11 is 0. The lowest BCUT2D eigenvalue weighted by Gasteiger charge is -2.16. The number of hydrogen-bond donors (Lipinski definition) is 4. The topological polar surface area (TPSA) is 108 Å². The van der Waals surface area contributed by atoms with Crippen molar-refractivity contribution in [3.05, 3.63) is 59.9 Å². The molecule has 3 rings (SSSR count). The van der Waals surface area contributed by atoms with E-state index in [1.807, 2.05) is 45.0 Å². The molecule has 8 nitrogen and oxygen atoms in total. The number of ether oxygens (including phenoxy) is 1. The van der Waals surface area contributed by atoms with Gasteiger partial charge in [-0.05, 0) is 57.2 Å². The van der Waals surface area contributed by atoms with Crippen molar-refractivity contribution in [2.24, 2.45) is 4.99 Å². The third-order valence-electron chi connectivity index (χ3n) is 4.75. The molecule has 2 aromatic carbocycles. The van der Waals surface area contributed by atoms with E-state index in [1.54, 1.807) is 12.1 Å². The third-order valence-corrected chi connectivity index (χ3v) is 4.75. The lowest BCUT2D eigenvalue weighted by molar-refractivity contribution is 0.0955. The maximum atomic E-state index is 12.2. The highest BCUT2D eigenvalue weighted by molar-refractivity contribution is 5.94. The number of carbonyl (C=O) groups excluding carboxylic acids is 1. The summed E-state index contributed by atoms with van der Waals surface area (Å²) in [6.45, 7) is 7.99. The van der Waals surface area contributed by atoms with Crippen molar-refractivity contribution >= 4 is 22.8 Å². The molecular weight excluding hydrogens is 408 g/mol. The molecule has 0 aliphatic heterocycles. The fraction of sp³-hybridized carbons (Fsp3) is 0.333. The predicted octanol–water partition coefficient (Wildman–Crippen LogP) is 3.58. The minimum Gasteiger partial charge on any atom is -0.508 e. The number of phenols is 1. The highest BCUT2D eigenvalue weighted by Gasteiger charge is 2.15. The summed E-state index contributed by atoms with van der Waals surface area (Å²) in [6.07, 6.45) is 0. The average molecular weight is 439 g/mol. The Labute approximate surface area is 187 Å². The molecule has 8 heteroatoms. The third kappa shape index (κ3) is 5.94. The second-order valence-corrected chi connectivity index (χ2v) is 7.19. The van der Waals surface area contributed by atoms with Crippen molar-refractivity contribution in [1.82, 2.24) is 16.0 Å². The minimum absolute atomic E-state index is 0.124. The van der Waals surface area contributed by atoms with Crippen LogP contribution >= 0.6 is 0 Å². The van der Waals surface area contributed by atoms with E-state index in [9.17, 15) is 9.90 Å². The molecule has 1 amide bonds. The fourth-order valence-corrected chi connectivity index (χ4v) is 3.19. The lowest BCUT2D eigenvalue weighted by atomic mass is 10.2. The van der Waals surface area contributed by atoms with Crippen molar-refractivity contribution in [3.8, 4) is 11.5 Å². The maximum Gasteiger partial charge on any atom is 0.251 e. The normalized spacial score (nSPS) is 12.4. The minimum atomic E-state index is -0.209. The Kier molecular flexibility index (Phi) is 7.96. The molecule has 1 unspecified atom stereocenters. The number of phenolic OH excluding ortho intramolecular Hbond substituents is 1. The van der Waals surface area contributed by atoms with Crippen molar-refractivity contribution in [3.63, 3.8) is 0 Å². The number of fused-ring (bicyclic) bond motifs is 1. The standard InChI is InChI=1S/C24H30N4O4/c1-4-25-24(27-14-13-26-23(30)17-9-11-19(29)12-10-17)28-16(3)21-15-18-7-6-8-20(31-5-2)22(18)32-21/h6-12,15-16,29H,4-5,13-14H2,1-3H3,(H,26,30)(H2,25,27,28). The van der Waals surface area contributed by atoms with Crippen LogP contribution in [0.5, 0.6) is 11.5 Å². The van der Waals surface area contributed by atoms with Gasteiger partial charge in [0.15, 0.2) is 17.3 Å². The van der Waals surface area contributed by atoms with Gasteiger partial charge in [-0.2, -0.15) is 0 Å². The maximum absolute atomic E-state index is 12.2. The van der Waals surface area contributed by atoms with Crippen LogP contribution in [0.25, 0.3) is 11.0 Å². The van der Waals surface area contributed by atoms with Gasteiger partial charge in [0.1, 0.15) is 11.5 Å². The molecular formula is C24H30N4O4. The Balaban J connectivity index is 1.59. The molecule has 170 valence electrons. The summed E-state index contributed by atoms with van der Waals surface area (Å²) in [4.78, 5) is 16.7. The van der Waals surface area contributed by atoms with E-state index < -0.39 is 0 Å². The van der Waals surface area contributed by atoms with Crippen LogP contribution in [0.15, 0.2) is 57.9 Å². The summed E-state index contributed by atoms with van der Waals surface area (Å²) in [5, 5.41) is 19.7. The number of nitrogens with zero attached hydrogens (tertiary/aromatic N) is 1. The van der Waals surface area contributed by atoms with Gasteiger partial charge in [0, 0.05) is 24.0 Å². The molecule has 1 aromatic heterocycles. The smallest absolute Gasteiger partial charge is 0.251 e. The van der Waals surface area contributed by atoms with E-state index in [4.69, 9.17) is 9.15 Å². The number of nitrogens with one attached hydrogen (secondary N) is 3. The summed E-state index contributed by atoms with van der Waals surface area (Å²) < 4.78 is 11.7. The first-order chi connectivity index (χ1) is 15.5. The van der Waals surface area contributed by atoms with Crippen LogP contribution in [0.2, 0.25) is 0 Å². The molecule has 1 heterocycles. The molecule has 1 atom stereocenters. The van der Waals surface area contributed by atoms with Gasteiger partial charge >= 0.3 is 0 Å². The van der Waals surface area contributed by atoms with Gasteiger partial charge in [0.2, 0.25) is 0 Å². The van der Waals surface area contributed by atoms with Crippen LogP contribution < -0.4 is 20.7 Å². The molecule has 0 spiro atoms. The van der Waals surface area contributed by atoms with E-state index in [-0.39, 0.29) is 17.7 Å². The van der Waals surface area contributed by atoms with Crippen molar-refractivity contribution < 1.29 is 19.1 Å². The Morgan fingerprint density at radius 3 is 2.66 bits per heavy atom. The van der Waals surface area contributed by atoms with Gasteiger partial charge < -0.3 is 30.2 Å². The zero-order chi connectivity index (χ0) is 22.9. The van der Waals surface area contributed by atoms with Crippen LogP contribution in [-0.4, -0.2) is 43.2 Å². The molecule has 0 saturated heterocycles. The van der Waals surface area contributed by atoms with Crippen molar-refractivity contribution in [2.75, 3.05) is 26.2 Å². The van der Waals surface area contributed by atoms with Gasteiger partial charge in [-0.3, -0.25) is 9.79 Å². The summed E-state index contributed by atoms with van der Waals surface area (Å²) in [5.74, 6) is 2.05. The number of para-hydroxylation sites is 1. The fourth-order valence-electron chi connectivity index (χ4n) is 3.19. The van der Waals surface area contributed by atoms with Gasteiger partial charge in [-0.25, -0.2) is 0 Å². The second-order valence-electron chi connectivity index (χ2n) is 7.19. The zero-order valence-electron chi connectivity index (χ0n) is 18.6. The van der Waals surface area contributed by atoms with Crippen LogP contribution in [0.4, 0.5) is 0 Å². The highest BCUT2D eigenvalue weighted by Crippen LogP contribution is 2.31. The quantitative estimate of drug-likeness (QED) is 0.231. The van der Waals surface area contributed by atoms with E-state index in [1.165, 1.54) is 12.1 Å². The summed E-state index contributed by atoms with van der Waals surface area (Å²) in [6, 6.07) is 13.8. The number of hydrogen-bond acceptors (Lipinski definition) is 5. The number of benzene rings is 2. The van der Waals surface area contributed by atoms with Crippen LogP contribution in [0, 0.1) is 0 Å². The van der Waals surface area contributed by atoms with E-state index in [2.05, 4.69) is 20.9 Å². The molecule has 32 heavy (non-hydrogen) atoms. The molecule has 0 aliphatic carbocycles. The average Bonchev–Trinajstić information content (AvgIpc) is 3.23. The van der Waals surface area contributed by atoms with Gasteiger partial charge in [-0.15, -0.1) is 0 Å². The molecule has 0 fully saturated rings. The summed E-state index contributed by atoms with van der Waals surface area (Å²) in [7, 11) is 0. The van der Waals surface area contributed by atoms with Crippen molar-refractivity contribution in [1.29, 1.82) is 0 Å². The number of furan rings is 1. The molecule has 0 radical (unpaired) electrons. The number of carbonyl (C=O) groups is 1. The monoisotopic (exact) mass is 438 g/mol. The first kappa shape index (κ1) is 23.0. The Morgan fingerprint density at radius 1 is 1.16 bits per heavy atom. The van der Waals surface area contributed by atoms with Crippen molar-refractivity contribution in [2.45, 2.75) is 26.8 Å². The second kappa shape index (κ2) is 11.1. The number of aromatic hydroxyl groups is 1. The van der Waals surface area contributed by atoms with Crippen LogP contribution in [0.3, 0.4) is 0 Å². The number of aliphatic imine (C=N–C) groups is 1. The first-order valence-electron chi connectivity index (χ1n) is 10.8. The Bertz CT molecular complexity index is 1060. The van der Waals surface area contributed by atoms with E-state index in [0.717, 1.165) is 22.5 Å². The molecule has 0 saturated carbocycles. The van der Waals surface area contributed by atoms with Gasteiger partial charge in [0.25, 0.3) is 5.91 Å². The Morgan fingerprint density at radius 2 is 1.94 bits per heavy atom. The largest absolute Gasteiger partial charge is 0.508 e. The number of rotatable bonds is 9. The zero-order valence-corrected chi connectivity index (χ0v) is 18.6.